The number of alkyl halides is 3. The molecule has 1 unspecified atom stereocenters. The van der Waals surface area contributed by atoms with Crippen molar-refractivity contribution in [2.24, 2.45) is 0 Å². The van der Waals surface area contributed by atoms with Crippen LogP contribution in [0.4, 0.5) is 13.2 Å². The molecule has 2 aromatic rings. The Morgan fingerprint density at radius 2 is 2.30 bits per heavy atom. The second-order valence-electron chi connectivity index (χ2n) is 4.60. The lowest BCUT2D eigenvalue weighted by Gasteiger charge is -2.20. The molecule has 20 heavy (non-hydrogen) atoms. The van der Waals surface area contributed by atoms with Crippen molar-refractivity contribution >= 4 is 11.3 Å². The summed E-state index contributed by atoms with van der Waals surface area (Å²) >= 11 is 1.67. The first-order valence-electron chi connectivity index (χ1n) is 6.22. The quantitative estimate of drug-likeness (QED) is 0.947. The molecule has 0 aliphatic carbocycles. The normalized spacial score (nSPS) is 19.1. The second-order valence-corrected chi connectivity index (χ2v) is 5.60. The zero-order valence-electron chi connectivity index (χ0n) is 10.4. The number of fused-ring (bicyclic) bond motifs is 1. The van der Waals surface area contributed by atoms with Crippen LogP contribution >= 0.6 is 11.3 Å². The molecule has 2 aromatic heterocycles. The Balaban J connectivity index is 1.75. The number of halogens is 3. The van der Waals surface area contributed by atoms with Crippen LogP contribution in [0.1, 0.15) is 34.6 Å². The predicted molar refractivity (Wildman–Crippen MR) is 66.5 cm³/mol. The van der Waals surface area contributed by atoms with Gasteiger partial charge < -0.3 is 9.84 Å². The number of thiophene rings is 1. The first kappa shape index (κ1) is 13.6. The monoisotopic (exact) mass is 303 g/mol. The Bertz CT molecular complexity index is 593. The minimum atomic E-state index is -4.20. The molecule has 1 aliphatic heterocycles. The molecule has 1 N–H and O–H groups in total. The fourth-order valence-electron chi connectivity index (χ4n) is 2.21. The van der Waals surface area contributed by atoms with Crippen molar-refractivity contribution in [1.82, 2.24) is 15.5 Å². The molecule has 3 rings (SSSR count). The first-order valence-corrected chi connectivity index (χ1v) is 7.10. The lowest BCUT2D eigenvalue weighted by molar-refractivity contribution is -0.134. The minimum absolute atomic E-state index is 0.0986. The third-order valence-corrected chi connectivity index (χ3v) is 4.15. The average molecular weight is 303 g/mol. The fourth-order valence-corrected chi connectivity index (χ4v) is 3.13. The van der Waals surface area contributed by atoms with Crippen LogP contribution in [0, 0.1) is 0 Å². The highest BCUT2D eigenvalue weighted by Gasteiger charge is 2.30. The summed E-state index contributed by atoms with van der Waals surface area (Å²) in [6, 6.07) is 1.77. The van der Waals surface area contributed by atoms with Gasteiger partial charge in [-0.05, 0) is 23.4 Å². The lowest BCUT2D eigenvalue weighted by Crippen LogP contribution is -2.29. The largest absolute Gasteiger partial charge is 0.389 e. The van der Waals surface area contributed by atoms with E-state index in [1.807, 2.05) is 11.4 Å². The Morgan fingerprint density at radius 3 is 3.10 bits per heavy atom. The number of aromatic nitrogens is 2. The van der Waals surface area contributed by atoms with Gasteiger partial charge in [0.25, 0.3) is 0 Å². The van der Waals surface area contributed by atoms with Crippen molar-refractivity contribution in [3.8, 4) is 0 Å². The fraction of sp³-hybridized carbons (Fsp3) is 0.500. The van der Waals surface area contributed by atoms with E-state index >= 15 is 0 Å². The molecule has 0 saturated carbocycles. The standard InChI is InChI=1S/C12H12F3N3OS/c13-12(14,15)4-1-9-17-11(19-18-9)10-7-3-6-20-8(7)2-5-16-10/h3,6,10,16H,1-2,4-5H2. The zero-order valence-corrected chi connectivity index (χ0v) is 11.2. The summed E-state index contributed by atoms with van der Waals surface area (Å²) in [6.07, 6.45) is -4.45. The zero-order chi connectivity index (χ0) is 14.2. The minimum Gasteiger partial charge on any atom is -0.337 e. The van der Waals surface area contributed by atoms with Crippen LogP contribution < -0.4 is 5.32 Å². The average Bonchev–Trinajstić information content (AvgIpc) is 3.04. The molecular weight excluding hydrogens is 291 g/mol. The van der Waals surface area contributed by atoms with Crippen molar-refractivity contribution in [2.75, 3.05) is 6.54 Å². The number of rotatable bonds is 3. The van der Waals surface area contributed by atoms with Crippen molar-refractivity contribution in [2.45, 2.75) is 31.5 Å². The summed E-state index contributed by atoms with van der Waals surface area (Å²) in [5.74, 6) is 0.433. The van der Waals surface area contributed by atoms with Crippen LogP contribution in [0.3, 0.4) is 0 Å². The van der Waals surface area contributed by atoms with Crippen molar-refractivity contribution < 1.29 is 17.7 Å². The van der Waals surface area contributed by atoms with Gasteiger partial charge in [-0.1, -0.05) is 5.16 Å². The highest BCUT2D eigenvalue weighted by atomic mass is 32.1. The molecule has 4 nitrogen and oxygen atoms in total. The number of nitrogens with zero attached hydrogens (tertiary/aromatic N) is 2. The van der Waals surface area contributed by atoms with Crippen LogP contribution in [0.5, 0.6) is 0 Å². The molecule has 0 radical (unpaired) electrons. The summed E-state index contributed by atoms with van der Waals surface area (Å²) in [5, 5.41) is 8.87. The third-order valence-electron chi connectivity index (χ3n) is 3.15. The van der Waals surface area contributed by atoms with Crippen LogP contribution in [0.2, 0.25) is 0 Å². The maximum atomic E-state index is 12.2. The number of nitrogens with one attached hydrogen (secondary N) is 1. The molecular formula is C12H12F3N3OS. The topological polar surface area (TPSA) is 51.0 Å². The molecule has 1 aliphatic rings. The molecule has 108 valence electrons. The van der Waals surface area contributed by atoms with E-state index in [0.717, 1.165) is 18.5 Å². The van der Waals surface area contributed by atoms with E-state index in [9.17, 15) is 13.2 Å². The molecule has 0 saturated heterocycles. The maximum absolute atomic E-state index is 12.2. The van der Waals surface area contributed by atoms with Crippen LogP contribution in [-0.4, -0.2) is 22.9 Å². The molecule has 0 spiro atoms. The highest BCUT2D eigenvalue weighted by molar-refractivity contribution is 7.10. The molecule has 3 heterocycles. The van der Waals surface area contributed by atoms with E-state index in [1.54, 1.807) is 11.3 Å². The SMILES string of the molecule is FC(F)(F)CCc1noc(C2NCCc3sccc32)n1. The predicted octanol–water partition coefficient (Wildman–Crippen LogP) is 2.86. The van der Waals surface area contributed by atoms with Gasteiger partial charge in [0.2, 0.25) is 5.89 Å². The highest BCUT2D eigenvalue weighted by Crippen LogP contribution is 2.31. The van der Waals surface area contributed by atoms with Crippen molar-refractivity contribution in [1.29, 1.82) is 0 Å². The number of aryl methyl sites for hydroxylation is 1. The second kappa shape index (κ2) is 5.17. The van der Waals surface area contributed by atoms with Crippen LogP contribution in [0.25, 0.3) is 0 Å². The van der Waals surface area contributed by atoms with Gasteiger partial charge in [0.1, 0.15) is 6.04 Å². The Kier molecular flexibility index (Phi) is 3.51. The first-order chi connectivity index (χ1) is 9.53. The van der Waals surface area contributed by atoms with Crippen LogP contribution in [-0.2, 0) is 12.8 Å². The Hall–Kier alpha value is -1.41. The molecule has 1 atom stereocenters. The summed E-state index contributed by atoms with van der Waals surface area (Å²) < 4.78 is 41.6. The number of hydrogen-bond acceptors (Lipinski definition) is 5. The van der Waals surface area contributed by atoms with E-state index in [0.29, 0.717) is 5.89 Å². The van der Waals surface area contributed by atoms with E-state index < -0.39 is 12.6 Å². The molecule has 0 bridgehead atoms. The van der Waals surface area contributed by atoms with E-state index in [1.165, 1.54) is 4.88 Å². The van der Waals surface area contributed by atoms with Crippen molar-refractivity contribution in [3.05, 3.63) is 33.6 Å². The molecule has 8 heteroatoms. The van der Waals surface area contributed by atoms with Gasteiger partial charge in [-0.2, -0.15) is 18.2 Å². The molecule has 0 amide bonds. The van der Waals surface area contributed by atoms with Gasteiger partial charge in [-0.15, -0.1) is 11.3 Å². The number of hydrogen-bond donors (Lipinski definition) is 1. The summed E-state index contributed by atoms with van der Waals surface area (Å²) in [4.78, 5) is 5.33. The smallest absolute Gasteiger partial charge is 0.337 e. The van der Waals surface area contributed by atoms with Gasteiger partial charge in [0, 0.05) is 17.8 Å². The van der Waals surface area contributed by atoms with Gasteiger partial charge in [-0.25, -0.2) is 0 Å². The van der Waals surface area contributed by atoms with E-state index in [2.05, 4.69) is 15.5 Å². The Morgan fingerprint density at radius 1 is 1.45 bits per heavy atom. The van der Waals surface area contributed by atoms with E-state index in [4.69, 9.17) is 4.52 Å². The van der Waals surface area contributed by atoms with Gasteiger partial charge in [0.15, 0.2) is 5.82 Å². The third kappa shape index (κ3) is 2.85. The van der Waals surface area contributed by atoms with Crippen LogP contribution in [0.15, 0.2) is 16.0 Å². The summed E-state index contributed by atoms with van der Waals surface area (Å²) in [5.41, 5.74) is 1.08. The van der Waals surface area contributed by atoms with E-state index in [-0.39, 0.29) is 18.3 Å². The van der Waals surface area contributed by atoms with Crippen molar-refractivity contribution in [3.63, 3.8) is 0 Å². The lowest BCUT2D eigenvalue weighted by atomic mass is 10.0. The summed E-state index contributed by atoms with van der Waals surface area (Å²) in [7, 11) is 0. The van der Waals surface area contributed by atoms with Gasteiger partial charge >= 0.3 is 6.18 Å². The van der Waals surface area contributed by atoms with Gasteiger partial charge in [0.05, 0.1) is 6.42 Å². The molecule has 0 fully saturated rings. The maximum Gasteiger partial charge on any atom is 0.389 e. The summed E-state index contributed by atoms with van der Waals surface area (Å²) in [6.45, 7) is 0.790. The molecule has 0 aromatic carbocycles. The Labute approximate surface area is 117 Å². The van der Waals surface area contributed by atoms with Gasteiger partial charge in [-0.3, -0.25) is 0 Å².